The van der Waals surface area contributed by atoms with Gasteiger partial charge >= 0.3 is 0 Å². The molecule has 106 valence electrons. The highest BCUT2D eigenvalue weighted by Crippen LogP contribution is 2.21. The molecular weight excluding hydrogens is 306 g/mol. The van der Waals surface area contributed by atoms with Crippen LogP contribution >= 0.6 is 15.9 Å². The maximum absolute atomic E-state index is 5.96. The fourth-order valence-corrected chi connectivity index (χ4v) is 2.48. The van der Waals surface area contributed by atoms with Crippen LogP contribution in [0.1, 0.15) is 26.2 Å². The van der Waals surface area contributed by atoms with Gasteiger partial charge in [0.05, 0.1) is 12.2 Å². The molecule has 1 aromatic carbocycles. The Labute approximate surface area is 123 Å². The minimum absolute atomic E-state index is 0.233. The molecule has 19 heavy (non-hydrogen) atoms. The summed E-state index contributed by atoms with van der Waals surface area (Å²) in [6.45, 7) is 4.85. The normalized spacial score (nSPS) is 22.6. The van der Waals surface area contributed by atoms with E-state index >= 15 is 0 Å². The van der Waals surface area contributed by atoms with Gasteiger partial charge in [-0.15, -0.1) is 0 Å². The van der Waals surface area contributed by atoms with Crippen LogP contribution in [0.5, 0.6) is 5.75 Å². The molecule has 0 radical (unpaired) electrons. The molecule has 1 N–H and O–H groups in total. The van der Waals surface area contributed by atoms with Crippen LogP contribution in [0.4, 0.5) is 0 Å². The van der Waals surface area contributed by atoms with E-state index in [1.54, 1.807) is 0 Å². The standard InChI is InChI=1S/C15H22BrNO2/c1-2-9-17-10-14-7-8-15(19-14)11-18-13-5-3-12(16)4-6-13/h3-6,14-15,17H,2,7-11H2,1H3. The van der Waals surface area contributed by atoms with E-state index < -0.39 is 0 Å². The molecule has 0 amide bonds. The summed E-state index contributed by atoms with van der Waals surface area (Å²) in [6, 6.07) is 7.92. The van der Waals surface area contributed by atoms with Crippen molar-refractivity contribution in [2.45, 2.75) is 38.4 Å². The molecule has 0 bridgehead atoms. The number of halogens is 1. The summed E-state index contributed by atoms with van der Waals surface area (Å²) in [6.07, 6.45) is 3.98. The van der Waals surface area contributed by atoms with E-state index in [0.29, 0.717) is 12.7 Å². The molecule has 0 aromatic heterocycles. The highest BCUT2D eigenvalue weighted by Gasteiger charge is 2.25. The third-order valence-electron chi connectivity index (χ3n) is 3.24. The van der Waals surface area contributed by atoms with E-state index in [-0.39, 0.29) is 6.10 Å². The van der Waals surface area contributed by atoms with Crippen molar-refractivity contribution in [3.63, 3.8) is 0 Å². The lowest BCUT2D eigenvalue weighted by Crippen LogP contribution is -2.28. The van der Waals surface area contributed by atoms with Crippen LogP contribution in [-0.4, -0.2) is 31.9 Å². The van der Waals surface area contributed by atoms with Crippen molar-refractivity contribution in [1.82, 2.24) is 5.32 Å². The van der Waals surface area contributed by atoms with Crippen LogP contribution in [0.25, 0.3) is 0 Å². The van der Waals surface area contributed by atoms with Gasteiger partial charge in [0.25, 0.3) is 0 Å². The zero-order valence-corrected chi connectivity index (χ0v) is 13.0. The second-order valence-electron chi connectivity index (χ2n) is 4.93. The molecule has 1 heterocycles. The van der Waals surface area contributed by atoms with Crippen molar-refractivity contribution in [3.8, 4) is 5.75 Å². The number of rotatable bonds is 7. The smallest absolute Gasteiger partial charge is 0.119 e. The molecular formula is C15H22BrNO2. The van der Waals surface area contributed by atoms with Crippen molar-refractivity contribution in [3.05, 3.63) is 28.7 Å². The Kier molecular flexibility index (Phi) is 6.14. The van der Waals surface area contributed by atoms with E-state index in [0.717, 1.165) is 36.2 Å². The Balaban J connectivity index is 1.66. The maximum atomic E-state index is 5.96. The minimum atomic E-state index is 0.233. The summed E-state index contributed by atoms with van der Waals surface area (Å²) < 4.78 is 12.8. The number of benzene rings is 1. The van der Waals surface area contributed by atoms with Crippen LogP contribution in [-0.2, 0) is 4.74 Å². The molecule has 2 atom stereocenters. The second-order valence-corrected chi connectivity index (χ2v) is 5.84. The second kappa shape index (κ2) is 7.88. The van der Waals surface area contributed by atoms with Crippen LogP contribution in [0, 0.1) is 0 Å². The fourth-order valence-electron chi connectivity index (χ4n) is 2.21. The first kappa shape index (κ1) is 14.8. The lowest BCUT2D eigenvalue weighted by Gasteiger charge is -2.15. The van der Waals surface area contributed by atoms with Gasteiger partial charge in [-0.05, 0) is 50.1 Å². The zero-order chi connectivity index (χ0) is 13.5. The molecule has 3 nitrogen and oxygen atoms in total. The van der Waals surface area contributed by atoms with Crippen molar-refractivity contribution in [1.29, 1.82) is 0 Å². The van der Waals surface area contributed by atoms with Gasteiger partial charge in [0, 0.05) is 11.0 Å². The maximum Gasteiger partial charge on any atom is 0.119 e. The van der Waals surface area contributed by atoms with Crippen molar-refractivity contribution >= 4 is 15.9 Å². The monoisotopic (exact) mass is 327 g/mol. The summed E-state index contributed by atoms with van der Waals surface area (Å²) in [7, 11) is 0. The minimum Gasteiger partial charge on any atom is -0.491 e. The van der Waals surface area contributed by atoms with Gasteiger partial charge in [0.15, 0.2) is 0 Å². The highest BCUT2D eigenvalue weighted by molar-refractivity contribution is 9.10. The van der Waals surface area contributed by atoms with Crippen molar-refractivity contribution in [2.75, 3.05) is 19.7 Å². The van der Waals surface area contributed by atoms with Gasteiger partial charge in [-0.25, -0.2) is 0 Å². The van der Waals surface area contributed by atoms with Crippen LogP contribution in [0.3, 0.4) is 0 Å². The molecule has 1 aromatic rings. The first-order chi connectivity index (χ1) is 9.28. The van der Waals surface area contributed by atoms with E-state index in [1.807, 2.05) is 24.3 Å². The van der Waals surface area contributed by atoms with Gasteiger partial charge in [-0.2, -0.15) is 0 Å². The molecule has 2 unspecified atom stereocenters. The Morgan fingerprint density at radius 1 is 1.26 bits per heavy atom. The van der Waals surface area contributed by atoms with E-state index in [9.17, 15) is 0 Å². The predicted molar refractivity (Wildman–Crippen MR) is 80.7 cm³/mol. The molecule has 1 saturated heterocycles. The molecule has 1 fully saturated rings. The summed E-state index contributed by atoms with van der Waals surface area (Å²) in [5.74, 6) is 0.902. The van der Waals surface area contributed by atoms with Crippen LogP contribution in [0.15, 0.2) is 28.7 Å². The zero-order valence-electron chi connectivity index (χ0n) is 11.4. The van der Waals surface area contributed by atoms with Crippen LogP contribution in [0.2, 0.25) is 0 Å². The van der Waals surface area contributed by atoms with Gasteiger partial charge in [-0.3, -0.25) is 0 Å². The quantitative estimate of drug-likeness (QED) is 0.779. The SMILES string of the molecule is CCCNCC1CCC(COc2ccc(Br)cc2)O1. The lowest BCUT2D eigenvalue weighted by atomic mass is 10.2. The summed E-state index contributed by atoms with van der Waals surface area (Å²) >= 11 is 3.41. The Morgan fingerprint density at radius 3 is 2.74 bits per heavy atom. The van der Waals surface area contributed by atoms with Crippen molar-refractivity contribution in [2.24, 2.45) is 0 Å². The molecule has 1 aliphatic heterocycles. The molecule has 4 heteroatoms. The first-order valence-corrected chi connectivity index (χ1v) is 7.81. The van der Waals surface area contributed by atoms with Gasteiger partial charge < -0.3 is 14.8 Å². The average Bonchev–Trinajstić information content (AvgIpc) is 2.86. The highest BCUT2D eigenvalue weighted by atomic mass is 79.9. The Bertz CT molecular complexity index is 369. The molecule has 2 rings (SSSR count). The lowest BCUT2D eigenvalue weighted by molar-refractivity contribution is 0.0186. The number of ether oxygens (including phenoxy) is 2. The summed E-state index contributed by atoms with van der Waals surface area (Å²) in [5.41, 5.74) is 0. The summed E-state index contributed by atoms with van der Waals surface area (Å²) in [5, 5.41) is 3.41. The van der Waals surface area contributed by atoms with Gasteiger partial charge in [0.1, 0.15) is 12.4 Å². The Morgan fingerprint density at radius 2 is 2.00 bits per heavy atom. The fraction of sp³-hybridized carbons (Fsp3) is 0.600. The molecule has 0 aliphatic carbocycles. The molecule has 0 spiro atoms. The third-order valence-corrected chi connectivity index (χ3v) is 3.77. The largest absolute Gasteiger partial charge is 0.491 e. The van der Waals surface area contributed by atoms with E-state index in [1.165, 1.54) is 6.42 Å². The first-order valence-electron chi connectivity index (χ1n) is 7.02. The topological polar surface area (TPSA) is 30.5 Å². The molecule has 0 saturated carbocycles. The average molecular weight is 328 g/mol. The van der Waals surface area contributed by atoms with E-state index in [2.05, 4.69) is 28.2 Å². The van der Waals surface area contributed by atoms with E-state index in [4.69, 9.17) is 9.47 Å². The van der Waals surface area contributed by atoms with Gasteiger partial charge in [-0.1, -0.05) is 22.9 Å². The predicted octanol–water partition coefficient (Wildman–Crippen LogP) is 3.38. The molecule has 1 aliphatic rings. The Hall–Kier alpha value is -0.580. The number of hydrogen-bond donors (Lipinski definition) is 1. The van der Waals surface area contributed by atoms with Crippen LogP contribution < -0.4 is 10.1 Å². The number of hydrogen-bond acceptors (Lipinski definition) is 3. The summed E-state index contributed by atoms with van der Waals surface area (Å²) in [4.78, 5) is 0. The van der Waals surface area contributed by atoms with Gasteiger partial charge in [0.2, 0.25) is 0 Å². The number of nitrogens with one attached hydrogen (secondary N) is 1. The van der Waals surface area contributed by atoms with Crippen molar-refractivity contribution < 1.29 is 9.47 Å². The third kappa shape index (κ3) is 5.13.